The Morgan fingerprint density at radius 2 is 1.40 bits per heavy atom. The summed E-state index contributed by atoms with van der Waals surface area (Å²) in [4.78, 5) is 24.6. The van der Waals surface area contributed by atoms with Crippen LogP contribution in [0.1, 0.15) is 96.5 Å². The highest BCUT2D eigenvalue weighted by Crippen LogP contribution is 2.37. The van der Waals surface area contributed by atoms with Gasteiger partial charge in [-0.3, -0.25) is 9.59 Å². The van der Waals surface area contributed by atoms with Crippen molar-refractivity contribution < 1.29 is 19.1 Å². The molecule has 0 aliphatic heterocycles. The number of esters is 2. The van der Waals surface area contributed by atoms with Gasteiger partial charge in [-0.15, -0.1) is 6.58 Å². The molecule has 0 heterocycles. The van der Waals surface area contributed by atoms with Gasteiger partial charge >= 0.3 is 11.9 Å². The quantitative estimate of drug-likeness (QED) is 0.116. The molecule has 0 amide bonds. The molecule has 0 aliphatic rings. The largest absolute Gasteiger partial charge is 0.422 e. The van der Waals surface area contributed by atoms with E-state index in [0.717, 1.165) is 56.9 Å². The van der Waals surface area contributed by atoms with Gasteiger partial charge < -0.3 is 9.47 Å². The zero-order chi connectivity index (χ0) is 22.2. The van der Waals surface area contributed by atoms with Crippen LogP contribution in [0, 0.1) is 0 Å². The molecule has 0 unspecified atom stereocenters. The van der Waals surface area contributed by atoms with Gasteiger partial charge in [-0.1, -0.05) is 82.9 Å². The van der Waals surface area contributed by atoms with Gasteiger partial charge in [-0.25, -0.2) is 0 Å². The number of hydrogen-bond donors (Lipinski definition) is 0. The Kier molecular flexibility index (Phi) is 13.9. The molecule has 0 atom stereocenters. The Morgan fingerprint density at radius 3 is 1.93 bits per heavy atom. The van der Waals surface area contributed by atoms with Crippen molar-refractivity contribution in [1.29, 1.82) is 0 Å². The van der Waals surface area contributed by atoms with E-state index in [1.54, 1.807) is 18.2 Å². The zero-order valence-corrected chi connectivity index (χ0v) is 19.4. The van der Waals surface area contributed by atoms with Gasteiger partial charge in [-0.2, -0.15) is 0 Å². The number of allylic oxidation sites excluding steroid dienone is 1. The van der Waals surface area contributed by atoms with E-state index in [2.05, 4.69) is 20.4 Å². The molecule has 0 aromatic heterocycles. The molecule has 168 valence electrons. The van der Waals surface area contributed by atoms with Crippen molar-refractivity contribution in [3.63, 3.8) is 0 Å². The van der Waals surface area contributed by atoms with Gasteiger partial charge in [0.25, 0.3) is 0 Å². The van der Waals surface area contributed by atoms with Crippen molar-refractivity contribution in [2.24, 2.45) is 0 Å². The van der Waals surface area contributed by atoms with E-state index in [0.29, 0.717) is 19.3 Å². The lowest BCUT2D eigenvalue weighted by atomic mass is 10.1. The van der Waals surface area contributed by atoms with Crippen LogP contribution < -0.4 is 9.47 Å². The first-order valence-corrected chi connectivity index (χ1v) is 11.7. The van der Waals surface area contributed by atoms with Crippen LogP contribution in [0.2, 0.25) is 5.02 Å². The fourth-order valence-corrected chi connectivity index (χ4v) is 3.44. The molecule has 1 aromatic rings. The van der Waals surface area contributed by atoms with Gasteiger partial charge in [0.1, 0.15) is 0 Å². The number of unbranched alkanes of at least 4 members (excludes halogenated alkanes) is 8. The molecule has 0 saturated carbocycles. The third-order valence-electron chi connectivity index (χ3n) is 4.86. The molecule has 4 nitrogen and oxygen atoms in total. The Morgan fingerprint density at radius 1 is 0.867 bits per heavy atom. The van der Waals surface area contributed by atoms with Gasteiger partial charge in [0.05, 0.1) is 5.02 Å². The van der Waals surface area contributed by atoms with E-state index < -0.39 is 0 Å². The summed E-state index contributed by atoms with van der Waals surface area (Å²) in [7, 11) is 0. The highest BCUT2D eigenvalue weighted by atomic mass is 35.5. The van der Waals surface area contributed by atoms with Crippen LogP contribution in [-0.4, -0.2) is 11.9 Å². The number of carbonyl (C=O) groups excluding carboxylic acids is 2. The first-order chi connectivity index (χ1) is 14.5. The minimum atomic E-state index is -0.360. The average molecular weight is 437 g/mol. The normalized spacial score (nSPS) is 10.6. The molecular formula is C25H37ClO4. The Labute approximate surface area is 187 Å². The SMILES string of the molecule is C=CCc1cc(Cl)c(OC(=O)CCCCCCC)c(OC(=O)CCCCCCC)c1. The van der Waals surface area contributed by atoms with Crippen LogP contribution >= 0.6 is 11.6 Å². The van der Waals surface area contributed by atoms with E-state index in [9.17, 15) is 9.59 Å². The van der Waals surface area contributed by atoms with E-state index in [1.165, 1.54) is 12.8 Å². The minimum absolute atomic E-state index is 0.127. The number of carbonyl (C=O) groups is 2. The number of rotatable bonds is 16. The highest BCUT2D eigenvalue weighted by molar-refractivity contribution is 6.32. The Bertz CT molecular complexity index is 669. The van der Waals surface area contributed by atoms with Gasteiger partial charge in [0.15, 0.2) is 11.5 Å². The molecule has 0 bridgehead atoms. The molecule has 30 heavy (non-hydrogen) atoms. The third kappa shape index (κ3) is 10.8. The maximum absolute atomic E-state index is 12.3. The maximum Gasteiger partial charge on any atom is 0.311 e. The average Bonchev–Trinajstić information content (AvgIpc) is 2.70. The lowest BCUT2D eigenvalue weighted by Crippen LogP contribution is -2.12. The van der Waals surface area contributed by atoms with Crippen LogP contribution in [0.25, 0.3) is 0 Å². The first-order valence-electron chi connectivity index (χ1n) is 11.4. The number of ether oxygens (including phenoxy) is 2. The summed E-state index contributed by atoms with van der Waals surface area (Å²) in [5, 5.41) is 0.263. The van der Waals surface area contributed by atoms with Crippen molar-refractivity contribution in [1.82, 2.24) is 0 Å². The van der Waals surface area contributed by atoms with Crippen molar-refractivity contribution >= 4 is 23.5 Å². The molecule has 0 fully saturated rings. The molecule has 0 aliphatic carbocycles. The summed E-state index contributed by atoms with van der Waals surface area (Å²) in [6.45, 7) is 8.04. The second kappa shape index (κ2) is 16.0. The van der Waals surface area contributed by atoms with Gasteiger partial charge in [-0.05, 0) is 37.0 Å². The fraction of sp³-hybridized carbons (Fsp3) is 0.600. The summed E-state index contributed by atoms with van der Waals surface area (Å²) in [5.41, 5.74) is 0.847. The smallest absolute Gasteiger partial charge is 0.311 e. The van der Waals surface area contributed by atoms with Crippen LogP contribution in [0.15, 0.2) is 24.8 Å². The second-order valence-electron chi connectivity index (χ2n) is 7.67. The summed E-state index contributed by atoms with van der Waals surface area (Å²) >= 11 is 6.36. The minimum Gasteiger partial charge on any atom is -0.422 e. The van der Waals surface area contributed by atoms with Crippen molar-refractivity contribution in [2.75, 3.05) is 0 Å². The first kappa shape index (κ1) is 26.2. The number of hydrogen-bond acceptors (Lipinski definition) is 4. The maximum atomic E-state index is 12.3. The molecule has 0 spiro atoms. The third-order valence-corrected chi connectivity index (χ3v) is 5.14. The van der Waals surface area contributed by atoms with Crippen LogP contribution in [0.5, 0.6) is 11.5 Å². The van der Waals surface area contributed by atoms with E-state index >= 15 is 0 Å². The molecular weight excluding hydrogens is 400 g/mol. The predicted octanol–water partition coefficient (Wildman–Crippen LogP) is 7.60. The van der Waals surface area contributed by atoms with Crippen LogP contribution in [-0.2, 0) is 16.0 Å². The summed E-state index contributed by atoms with van der Waals surface area (Å²) in [6, 6.07) is 3.42. The summed E-state index contributed by atoms with van der Waals surface area (Å²) < 4.78 is 11.0. The van der Waals surface area contributed by atoms with E-state index in [4.69, 9.17) is 21.1 Å². The summed E-state index contributed by atoms with van der Waals surface area (Å²) in [5.74, 6) is -0.364. The van der Waals surface area contributed by atoms with Gasteiger partial charge in [0.2, 0.25) is 0 Å². The molecule has 0 saturated heterocycles. The van der Waals surface area contributed by atoms with Crippen molar-refractivity contribution in [2.45, 2.75) is 97.3 Å². The second-order valence-corrected chi connectivity index (χ2v) is 8.08. The van der Waals surface area contributed by atoms with Crippen LogP contribution in [0.4, 0.5) is 0 Å². The molecule has 5 heteroatoms. The predicted molar refractivity (Wildman–Crippen MR) is 123 cm³/mol. The fourth-order valence-electron chi connectivity index (χ4n) is 3.17. The molecule has 0 N–H and O–H groups in total. The number of halogens is 1. The number of benzene rings is 1. The van der Waals surface area contributed by atoms with Gasteiger partial charge in [0, 0.05) is 12.8 Å². The summed E-state index contributed by atoms with van der Waals surface area (Å²) in [6.07, 6.45) is 13.4. The van der Waals surface area contributed by atoms with Crippen molar-refractivity contribution in [3.05, 3.63) is 35.4 Å². The monoisotopic (exact) mass is 436 g/mol. The molecule has 1 rings (SSSR count). The van der Waals surface area contributed by atoms with Crippen LogP contribution in [0.3, 0.4) is 0 Å². The highest BCUT2D eigenvalue weighted by Gasteiger charge is 2.18. The standard InChI is InChI=1S/C25H37ClO4/c1-4-7-9-11-13-16-23(27)29-22-19-20(15-6-3)18-21(26)25(22)30-24(28)17-14-12-10-8-5-2/h6,18-19H,3-5,7-17H2,1-2H3. The lowest BCUT2D eigenvalue weighted by Gasteiger charge is -2.14. The molecule has 1 aromatic carbocycles. The topological polar surface area (TPSA) is 52.6 Å². The Hall–Kier alpha value is -1.81. The van der Waals surface area contributed by atoms with E-state index in [1.807, 2.05) is 0 Å². The lowest BCUT2D eigenvalue weighted by molar-refractivity contribution is -0.137. The Balaban J connectivity index is 2.75. The molecule has 0 radical (unpaired) electrons. The zero-order valence-electron chi connectivity index (χ0n) is 18.6. The van der Waals surface area contributed by atoms with E-state index in [-0.39, 0.29) is 28.5 Å². The van der Waals surface area contributed by atoms with Crippen molar-refractivity contribution in [3.8, 4) is 11.5 Å².